The molecule has 3 nitrogen and oxygen atoms in total. The molecule has 3 heteroatoms. The van der Waals surface area contributed by atoms with Gasteiger partial charge in [0.1, 0.15) is 0 Å². The Morgan fingerprint density at radius 2 is 2.00 bits per heavy atom. The fraction of sp³-hybridized carbons (Fsp3) is 0.917. The fourth-order valence-electron chi connectivity index (χ4n) is 2.33. The molecule has 1 fully saturated rings. The maximum Gasteiger partial charge on any atom is 0.226 e. The first kappa shape index (κ1) is 12.5. The van der Waals surface area contributed by atoms with Gasteiger partial charge in [-0.1, -0.05) is 19.8 Å². The van der Waals surface area contributed by atoms with E-state index >= 15 is 0 Å². The van der Waals surface area contributed by atoms with Gasteiger partial charge in [0, 0.05) is 18.0 Å². The molecule has 0 saturated heterocycles. The van der Waals surface area contributed by atoms with Crippen molar-refractivity contribution in [2.75, 3.05) is 13.6 Å². The summed E-state index contributed by atoms with van der Waals surface area (Å²) in [6.45, 7) is 4.94. The van der Waals surface area contributed by atoms with Crippen molar-refractivity contribution in [3.05, 3.63) is 0 Å². The first-order valence-electron chi connectivity index (χ1n) is 6.10. The van der Waals surface area contributed by atoms with Gasteiger partial charge in [-0.2, -0.15) is 0 Å². The second kappa shape index (κ2) is 5.50. The minimum Gasteiger partial charge on any atom is -0.354 e. The van der Waals surface area contributed by atoms with Gasteiger partial charge in [-0.25, -0.2) is 0 Å². The highest BCUT2D eigenvalue weighted by atomic mass is 16.2. The Balaban J connectivity index is 2.44. The molecule has 0 aromatic rings. The van der Waals surface area contributed by atoms with Crippen LogP contribution in [-0.2, 0) is 4.79 Å². The van der Waals surface area contributed by atoms with Crippen LogP contribution >= 0.6 is 0 Å². The molecule has 0 spiro atoms. The van der Waals surface area contributed by atoms with Crippen molar-refractivity contribution >= 4 is 5.91 Å². The molecule has 1 rings (SSSR count). The van der Waals surface area contributed by atoms with E-state index in [0.717, 1.165) is 25.8 Å². The average Bonchev–Trinajstić information content (AvgIpc) is 2.75. The molecule has 1 saturated carbocycles. The van der Waals surface area contributed by atoms with Gasteiger partial charge in [0.2, 0.25) is 5.91 Å². The quantitative estimate of drug-likeness (QED) is 0.728. The molecule has 88 valence electrons. The number of hydrogen-bond acceptors (Lipinski definition) is 2. The highest BCUT2D eigenvalue weighted by molar-refractivity contribution is 5.82. The number of amides is 1. The molecule has 1 aliphatic carbocycles. The van der Waals surface area contributed by atoms with Crippen LogP contribution in [0.4, 0.5) is 0 Å². The van der Waals surface area contributed by atoms with Crippen molar-refractivity contribution in [2.45, 2.75) is 52.0 Å². The number of carbonyl (C=O) groups excluding carboxylic acids is 1. The molecule has 0 bridgehead atoms. The van der Waals surface area contributed by atoms with Crippen LogP contribution < -0.4 is 10.6 Å². The average molecular weight is 212 g/mol. The molecule has 0 radical (unpaired) electrons. The summed E-state index contributed by atoms with van der Waals surface area (Å²) in [7, 11) is 1.92. The second-order valence-corrected chi connectivity index (χ2v) is 4.74. The van der Waals surface area contributed by atoms with Crippen LogP contribution in [0.15, 0.2) is 0 Å². The Hall–Kier alpha value is -0.570. The topological polar surface area (TPSA) is 41.1 Å². The standard InChI is InChI=1S/C12H24N2O/c1-4-12(7-5-6-8-12)11(15)14-9-10(2)13-3/h10,13H,4-9H2,1-3H3,(H,14,15). The third kappa shape index (κ3) is 2.94. The Morgan fingerprint density at radius 3 is 2.47 bits per heavy atom. The Kier molecular flexibility index (Phi) is 4.58. The summed E-state index contributed by atoms with van der Waals surface area (Å²) >= 11 is 0. The summed E-state index contributed by atoms with van der Waals surface area (Å²) in [5, 5.41) is 6.19. The van der Waals surface area contributed by atoms with Crippen LogP contribution in [0, 0.1) is 5.41 Å². The predicted octanol–water partition coefficient (Wildman–Crippen LogP) is 1.68. The first-order valence-corrected chi connectivity index (χ1v) is 6.10. The molecular weight excluding hydrogens is 188 g/mol. The van der Waals surface area contributed by atoms with E-state index in [0.29, 0.717) is 6.04 Å². The van der Waals surface area contributed by atoms with E-state index in [9.17, 15) is 4.79 Å². The summed E-state index contributed by atoms with van der Waals surface area (Å²) < 4.78 is 0. The van der Waals surface area contributed by atoms with Crippen LogP contribution in [-0.4, -0.2) is 25.5 Å². The monoisotopic (exact) mass is 212 g/mol. The van der Waals surface area contributed by atoms with Gasteiger partial charge < -0.3 is 10.6 Å². The van der Waals surface area contributed by atoms with Crippen molar-refractivity contribution < 1.29 is 4.79 Å². The van der Waals surface area contributed by atoms with Gasteiger partial charge in [0.15, 0.2) is 0 Å². The van der Waals surface area contributed by atoms with E-state index in [1.54, 1.807) is 0 Å². The molecule has 0 aromatic carbocycles. The van der Waals surface area contributed by atoms with Gasteiger partial charge in [0.25, 0.3) is 0 Å². The lowest BCUT2D eigenvalue weighted by atomic mass is 9.82. The number of rotatable bonds is 5. The maximum absolute atomic E-state index is 12.1. The van der Waals surface area contributed by atoms with Crippen molar-refractivity contribution in [2.24, 2.45) is 5.41 Å². The van der Waals surface area contributed by atoms with Crippen LogP contribution in [0.5, 0.6) is 0 Å². The van der Waals surface area contributed by atoms with E-state index in [4.69, 9.17) is 0 Å². The molecule has 0 heterocycles. The molecule has 0 aliphatic heterocycles. The van der Waals surface area contributed by atoms with E-state index in [-0.39, 0.29) is 11.3 Å². The zero-order valence-electron chi connectivity index (χ0n) is 10.2. The number of carbonyl (C=O) groups is 1. The molecule has 15 heavy (non-hydrogen) atoms. The summed E-state index contributed by atoms with van der Waals surface area (Å²) in [4.78, 5) is 12.1. The van der Waals surface area contributed by atoms with Gasteiger partial charge in [-0.05, 0) is 33.2 Å². The van der Waals surface area contributed by atoms with E-state index in [2.05, 4.69) is 24.5 Å². The third-order valence-electron chi connectivity index (χ3n) is 3.78. The van der Waals surface area contributed by atoms with E-state index < -0.39 is 0 Å². The van der Waals surface area contributed by atoms with Crippen molar-refractivity contribution in [1.82, 2.24) is 10.6 Å². The number of hydrogen-bond donors (Lipinski definition) is 2. The van der Waals surface area contributed by atoms with Crippen LogP contribution in [0.1, 0.15) is 46.0 Å². The SMILES string of the molecule is CCC1(C(=O)NCC(C)NC)CCCC1. The summed E-state index contributed by atoms with van der Waals surface area (Å²) in [5.74, 6) is 0.268. The fourth-order valence-corrected chi connectivity index (χ4v) is 2.33. The number of likely N-dealkylation sites (N-methyl/N-ethyl adjacent to an activating group) is 1. The summed E-state index contributed by atoms with van der Waals surface area (Å²) in [5.41, 5.74) is -0.0482. The van der Waals surface area contributed by atoms with Crippen LogP contribution in [0.3, 0.4) is 0 Å². The maximum atomic E-state index is 12.1. The van der Waals surface area contributed by atoms with Crippen LogP contribution in [0.2, 0.25) is 0 Å². The lowest BCUT2D eigenvalue weighted by Gasteiger charge is -2.26. The minimum atomic E-state index is -0.0482. The van der Waals surface area contributed by atoms with Gasteiger partial charge >= 0.3 is 0 Å². The summed E-state index contributed by atoms with van der Waals surface area (Å²) in [6.07, 6.45) is 5.55. The van der Waals surface area contributed by atoms with Crippen molar-refractivity contribution in [3.8, 4) is 0 Å². The molecule has 0 aromatic heterocycles. The minimum absolute atomic E-state index is 0.0482. The molecule has 1 atom stereocenters. The molecular formula is C12H24N2O. The molecule has 1 amide bonds. The van der Waals surface area contributed by atoms with Crippen molar-refractivity contribution in [1.29, 1.82) is 0 Å². The van der Waals surface area contributed by atoms with E-state index in [1.807, 2.05) is 7.05 Å². The highest BCUT2D eigenvalue weighted by Crippen LogP contribution is 2.40. The number of nitrogens with one attached hydrogen (secondary N) is 2. The Morgan fingerprint density at radius 1 is 1.40 bits per heavy atom. The van der Waals surface area contributed by atoms with Crippen molar-refractivity contribution in [3.63, 3.8) is 0 Å². The zero-order valence-corrected chi connectivity index (χ0v) is 10.2. The molecule has 1 unspecified atom stereocenters. The third-order valence-corrected chi connectivity index (χ3v) is 3.78. The first-order chi connectivity index (χ1) is 7.14. The zero-order chi connectivity index (χ0) is 11.3. The molecule has 2 N–H and O–H groups in total. The normalized spacial score (nSPS) is 21.3. The highest BCUT2D eigenvalue weighted by Gasteiger charge is 2.38. The summed E-state index contributed by atoms with van der Waals surface area (Å²) in [6, 6.07) is 0.351. The lowest BCUT2D eigenvalue weighted by Crippen LogP contribution is -2.44. The Labute approximate surface area is 93.0 Å². The smallest absolute Gasteiger partial charge is 0.226 e. The van der Waals surface area contributed by atoms with Gasteiger partial charge in [0.05, 0.1) is 0 Å². The van der Waals surface area contributed by atoms with Crippen LogP contribution in [0.25, 0.3) is 0 Å². The van der Waals surface area contributed by atoms with Gasteiger partial charge in [-0.15, -0.1) is 0 Å². The Bertz CT molecular complexity index is 210. The second-order valence-electron chi connectivity index (χ2n) is 4.74. The van der Waals surface area contributed by atoms with Gasteiger partial charge in [-0.3, -0.25) is 4.79 Å². The lowest BCUT2D eigenvalue weighted by molar-refractivity contribution is -0.131. The predicted molar refractivity (Wildman–Crippen MR) is 62.7 cm³/mol. The van der Waals surface area contributed by atoms with E-state index in [1.165, 1.54) is 12.8 Å². The molecule has 1 aliphatic rings. The largest absolute Gasteiger partial charge is 0.354 e.